The van der Waals surface area contributed by atoms with Crippen LogP contribution in [0.5, 0.6) is 0 Å². The summed E-state index contributed by atoms with van der Waals surface area (Å²) >= 11 is 0. The lowest BCUT2D eigenvalue weighted by atomic mass is 9.44. The Kier molecular flexibility index (Phi) is 6.67. The fourth-order valence-corrected chi connectivity index (χ4v) is 10.8. The lowest BCUT2D eigenvalue weighted by Gasteiger charge is -2.61. The van der Waals surface area contributed by atoms with Gasteiger partial charge in [-0.05, 0) is 126 Å². The van der Waals surface area contributed by atoms with Crippen molar-refractivity contribution in [2.45, 2.75) is 105 Å². The Balaban J connectivity index is 1.25. The largest absolute Gasteiger partial charge is 0.277 e. The summed E-state index contributed by atoms with van der Waals surface area (Å²) in [5.74, 6) is 5.93. The predicted molar refractivity (Wildman–Crippen MR) is 157 cm³/mol. The summed E-state index contributed by atoms with van der Waals surface area (Å²) in [4.78, 5) is 11.6. The Bertz CT molecular complexity index is 1220. The molecule has 4 aliphatic carbocycles. The summed E-state index contributed by atoms with van der Waals surface area (Å²) < 4.78 is 0. The number of benzene rings is 2. The molecule has 0 N–H and O–H groups in total. The molecule has 3 fully saturated rings. The van der Waals surface area contributed by atoms with Gasteiger partial charge in [-0.25, -0.2) is 0 Å². The van der Waals surface area contributed by atoms with Crippen molar-refractivity contribution in [2.24, 2.45) is 52.3 Å². The van der Waals surface area contributed by atoms with Crippen LogP contribution in [0, 0.1) is 62.4 Å². The number of hydrogen-bond acceptors (Lipinski definition) is 2. The van der Waals surface area contributed by atoms with Crippen molar-refractivity contribution in [3.8, 4) is 0 Å². The van der Waals surface area contributed by atoms with Gasteiger partial charge in [-0.3, -0.25) is 10.1 Å². The van der Waals surface area contributed by atoms with E-state index in [-0.39, 0.29) is 10.6 Å². The van der Waals surface area contributed by atoms with Crippen LogP contribution in [0.15, 0.2) is 30.3 Å². The minimum absolute atomic E-state index is 0.207. The molecule has 0 aromatic heterocycles. The number of nitro groups is 1. The van der Waals surface area contributed by atoms with Crippen molar-refractivity contribution in [1.29, 1.82) is 0 Å². The van der Waals surface area contributed by atoms with Crippen LogP contribution < -0.4 is 0 Å². The molecule has 3 nitrogen and oxygen atoms in total. The number of fused-ring (bicyclic) bond motifs is 7. The summed E-state index contributed by atoms with van der Waals surface area (Å²) in [7, 11) is 0. The van der Waals surface area contributed by atoms with Crippen LogP contribution in [-0.4, -0.2) is 4.92 Å². The van der Waals surface area contributed by atoms with Gasteiger partial charge in [-0.1, -0.05) is 72.1 Å². The molecule has 3 heteroatoms. The fourth-order valence-electron chi connectivity index (χ4n) is 10.8. The third-order valence-electron chi connectivity index (χ3n) is 12.7. The molecule has 3 saturated carbocycles. The van der Waals surface area contributed by atoms with Gasteiger partial charge < -0.3 is 0 Å². The Labute approximate surface area is 230 Å². The third kappa shape index (κ3) is 4.13. The first kappa shape index (κ1) is 26.3. The third-order valence-corrected chi connectivity index (χ3v) is 12.7. The average molecular weight is 516 g/mol. The molecule has 8 atom stereocenters. The minimum Gasteiger partial charge on any atom is -0.258 e. The van der Waals surface area contributed by atoms with E-state index in [1.807, 2.05) is 6.07 Å². The van der Waals surface area contributed by atoms with E-state index in [4.69, 9.17) is 0 Å². The van der Waals surface area contributed by atoms with Crippen LogP contribution in [0.2, 0.25) is 0 Å². The standard InChI is InChI=1S/C35H49NO2/c1-22(2)8-6-9-23(3)30-14-15-31-28-13-12-27-19-25-18-24-10-7-11-33(36(37)38)29(24)20-26(25)21-35(27,5)32(28)16-17-34(30,31)4/h7,10-11,18,20,22-23,27-28,30-32H,6,8-9,12-17,19,21H2,1-5H3. The summed E-state index contributed by atoms with van der Waals surface area (Å²) in [5, 5.41) is 13.6. The number of non-ortho nitro benzene ring substituents is 1. The Hall–Kier alpha value is -1.90. The van der Waals surface area contributed by atoms with Crippen LogP contribution >= 0.6 is 0 Å². The van der Waals surface area contributed by atoms with Gasteiger partial charge in [-0.15, -0.1) is 0 Å². The monoisotopic (exact) mass is 515 g/mol. The zero-order valence-electron chi connectivity index (χ0n) is 24.5. The first-order valence-corrected chi connectivity index (χ1v) is 15.8. The van der Waals surface area contributed by atoms with Gasteiger partial charge in [0, 0.05) is 6.07 Å². The lowest BCUT2D eigenvalue weighted by Crippen LogP contribution is -2.54. The average Bonchev–Trinajstić information content (AvgIpc) is 3.22. The number of nitro benzene ring substituents is 1. The number of nitrogens with zero attached hydrogens (tertiary/aromatic N) is 1. The lowest BCUT2D eigenvalue weighted by molar-refractivity contribution is -0.383. The Morgan fingerprint density at radius 1 is 0.947 bits per heavy atom. The molecule has 2 aromatic rings. The highest BCUT2D eigenvalue weighted by atomic mass is 16.6. The van der Waals surface area contributed by atoms with Crippen molar-refractivity contribution in [3.05, 3.63) is 51.6 Å². The summed E-state index contributed by atoms with van der Waals surface area (Å²) in [6.45, 7) is 12.6. The van der Waals surface area contributed by atoms with Crippen LogP contribution in [0.3, 0.4) is 0 Å². The molecule has 8 unspecified atom stereocenters. The first-order valence-electron chi connectivity index (χ1n) is 15.8. The van der Waals surface area contributed by atoms with Gasteiger partial charge in [0.15, 0.2) is 0 Å². The normalized spacial score (nSPS) is 36.8. The molecular formula is C35H49NO2. The van der Waals surface area contributed by atoms with Gasteiger partial charge in [0.2, 0.25) is 0 Å². The van der Waals surface area contributed by atoms with Crippen LogP contribution in [-0.2, 0) is 12.8 Å². The smallest absolute Gasteiger partial charge is 0.258 e. The van der Waals surface area contributed by atoms with Crippen LogP contribution in [0.1, 0.15) is 104 Å². The highest BCUT2D eigenvalue weighted by molar-refractivity contribution is 5.92. The predicted octanol–water partition coefficient (Wildman–Crippen LogP) is 9.78. The van der Waals surface area contributed by atoms with E-state index < -0.39 is 0 Å². The molecule has 0 radical (unpaired) electrons. The molecule has 0 aliphatic heterocycles. The fraction of sp³-hybridized carbons (Fsp3) is 0.714. The number of hydrogen-bond donors (Lipinski definition) is 0. The highest BCUT2D eigenvalue weighted by Gasteiger charge is 2.60. The van der Waals surface area contributed by atoms with E-state index in [1.165, 1.54) is 68.9 Å². The van der Waals surface area contributed by atoms with Crippen molar-refractivity contribution in [1.82, 2.24) is 0 Å². The molecule has 38 heavy (non-hydrogen) atoms. The highest BCUT2D eigenvalue weighted by Crippen LogP contribution is 2.68. The molecular weight excluding hydrogens is 466 g/mol. The zero-order chi connectivity index (χ0) is 26.8. The first-order chi connectivity index (χ1) is 18.1. The van der Waals surface area contributed by atoms with Gasteiger partial charge in [-0.2, -0.15) is 0 Å². The van der Waals surface area contributed by atoms with E-state index in [9.17, 15) is 10.1 Å². The van der Waals surface area contributed by atoms with E-state index in [0.717, 1.165) is 65.0 Å². The quantitative estimate of drug-likeness (QED) is 0.284. The topological polar surface area (TPSA) is 43.1 Å². The molecule has 0 heterocycles. The molecule has 4 aliphatic rings. The summed E-state index contributed by atoms with van der Waals surface area (Å²) in [5.41, 5.74) is 3.96. The second-order valence-corrected chi connectivity index (χ2v) is 14.9. The summed E-state index contributed by atoms with van der Waals surface area (Å²) in [6.07, 6.45) is 14.9. The van der Waals surface area contributed by atoms with E-state index in [0.29, 0.717) is 10.8 Å². The molecule has 206 valence electrons. The second kappa shape index (κ2) is 9.63. The van der Waals surface area contributed by atoms with Gasteiger partial charge in [0.1, 0.15) is 0 Å². The zero-order valence-corrected chi connectivity index (χ0v) is 24.5. The molecule has 2 aromatic carbocycles. The van der Waals surface area contributed by atoms with E-state index in [2.05, 4.69) is 52.8 Å². The Morgan fingerprint density at radius 3 is 2.50 bits per heavy atom. The van der Waals surface area contributed by atoms with E-state index in [1.54, 1.807) is 6.07 Å². The van der Waals surface area contributed by atoms with Crippen molar-refractivity contribution in [3.63, 3.8) is 0 Å². The van der Waals surface area contributed by atoms with Gasteiger partial charge >= 0.3 is 0 Å². The van der Waals surface area contributed by atoms with Crippen LogP contribution in [0.4, 0.5) is 5.69 Å². The summed E-state index contributed by atoms with van der Waals surface area (Å²) in [6, 6.07) is 10.0. The molecule has 0 amide bonds. The molecule has 0 saturated heterocycles. The van der Waals surface area contributed by atoms with Crippen molar-refractivity contribution >= 4 is 16.5 Å². The minimum atomic E-state index is -0.207. The van der Waals surface area contributed by atoms with Gasteiger partial charge in [0.05, 0.1) is 10.3 Å². The second-order valence-electron chi connectivity index (χ2n) is 14.9. The number of rotatable bonds is 6. The molecule has 6 rings (SSSR count). The molecule has 0 bridgehead atoms. The van der Waals surface area contributed by atoms with Crippen molar-refractivity contribution in [2.75, 3.05) is 0 Å². The van der Waals surface area contributed by atoms with Gasteiger partial charge in [0.25, 0.3) is 5.69 Å². The van der Waals surface area contributed by atoms with E-state index >= 15 is 0 Å². The SMILES string of the molecule is CC(C)CCCC(C)C1CCC2C3CCC4Cc5cc6cccc([N+](=O)[O-])c6cc5CC4(C)C3CCC12C. The van der Waals surface area contributed by atoms with Crippen molar-refractivity contribution < 1.29 is 4.92 Å². The maximum atomic E-state index is 11.8. The maximum absolute atomic E-state index is 11.8. The molecule has 0 spiro atoms. The maximum Gasteiger partial charge on any atom is 0.277 e. The van der Waals surface area contributed by atoms with Crippen LogP contribution in [0.25, 0.3) is 10.8 Å². The Morgan fingerprint density at radius 2 is 1.74 bits per heavy atom.